The molecule has 1 fully saturated rings. The van der Waals surface area contributed by atoms with E-state index in [-0.39, 0.29) is 11.7 Å². The lowest BCUT2D eigenvalue weighted by Gasteiger charge is -2.37. The molecule has 1 aromatic carbocycles. The van der Waals surface area contributed by atoms with Crippen LogP contribution in [-0.4, -0.2) is 26.4 Å². The Balaban J connectivity index is 1.44. The summed E-state index contributed by atoms with van der Waals surface area (Å²) in [5, 5.41) is 0. The minimum absolute atomic E-state index is 0.0379. The Morgan fingerprint density at radius 2 is 1.41 bits per heavy atom. The summed E-state index contributed by atoms with van der Waals surface area (Å²) in [7, 11) is 0. The van der Waals surface area contributed by atoms with E-state index in [2.05, 4.69) is 26.0 Å². The van der Waals surface area contributed by atoms with E-state index in [0.29, 0.717) is 19.8 Å². The highest BCUT2D eigenvalue weighted by Gasteiger charge is 2.33. The van der Waals surface area contributed by atoms with Crippen LogP contribution in [0.5, 0.6) is 0 Å². The highest BCUT2D eigenvalue weighted by molar-refractivity contribution is 5.16. The molecular weight excluding hydrogens is 336 g/mol. The Morgan fingerprint density at radius 3 is 2.00 bits per heavy atom. The van der Waals surface area contributed by atoms with Gasteiger partial charge >= 0.3 is 0 Å². The summed E-state index contributed by atoms with van der Waals surface area (Å²) in [4.78, 5) is 0. The molecule has 0 spiro atoms. The maximum Gasteiger partial charge on any atom is 0.183 e. The fraction of sp³-hybridized carbons (Fsp3) is 0.750. The van der Waals surface area contributed by atoms with E-state index in [1.54, 1.807) is 0 Å². The highest BCUT2D eigenvalue weighted by atomic mass is 16.7. The van der Waals surface area contributed by atoms with Gasteiger partial charge in [-0.05, 0) is 6.42 Å². The van der Waals surface area contributed by atoms with Crippen molar-refractivity contribution in [2.75, 3.05) is 26.4 Å². The molecule has 1 saturated heterocycles. The second kappa shape index (κ2) is 13.3. The molecule has 0 bridgehead atoms. The molecule has 0 saturated carbocycles. The number of ether oxygens (including phenoxy) is 3. The summed E-state index contributed by atoms with van der Waals surface area (Å²) >= 11 is 0. The van der Waals surface area contributed by atoms with Crippen molar-refractivity contribution in [3.8, 4) is 0 Å². The van der Waals surface area contributed by atoms with E-state index >= 15 is 0 Å². The van der Waals surface area contributed by atoms with Crippen molar-refractivity contribution in [1.82, 2.24) is 0 Å². The fourth-order valence-electron chi connectivity index (χ4n) is 3.54. The van der Waals surface area contributed by atoms with Gasteiger partial charge in [-0.15, -0.1) is 0 Å². The second-order valence-corrected chi connectivity index (χ2v) is 8.41. The average molecular weight is 377 g/mol. The van der Waals surface area contributed by atoms with Gasteiger partial charge < -0.3 is 14.2 Å². The zero-order valence-electron chi connectivity index (χ0n) is 17.6. The Hall–Kier alpha value is -0.900. The third-order valence-electron chi connectivity index (χ3n) is 5.33. The van der Waals surface area contributed by atoms with Gasteiger partial charge in [0.2, 0.25) is 0 Å². The summed E-state index contributed by atoms with van der Waals surface area (Å²) in [6.07, 6.45) is 13.3. The lowest BCUT2D eigenvalue weighted by Crippen LogP contribution is -2.40. The van der Waals surface area contributed by atoms with Gasteiger partial charge in [0.15, 0.2) is 6.29 Å². The van der Waals surface area contributed by atoms with Crippen LogP contribution in [0.25, 0.3) is 0 Å². The van der Waals surface area contributed by atoms with Crippen molar-refractivity contribution in [2.45, 2.75) is 84.3 Å². The summed E-state index contributed by atoms with van der Waals surface area (Å²) in [5.74, 6) is 0. The van der Waals surface area contributed by atoms with Crippen molar-refractivity contribution in [1.29, 1.82) is 0 Å². The maximum atomic E-state index is 5.93. The molecule has 3 nitrogen and oxygen atoms in total. The molecule has 1 aliphatic heterocycles. The molecule has 3 heteroatoms. The first kappa shape index (κ1) is 22.4. The minimum atomic E-state index is -0.235. The van der Waals surface area contributed by atoms with Crippen LogP contribution in [0.3, 0.4) is 0 Å². The zero-order chi connectivity index (χ0) is 19.2. The van der Waals surface area contributed by atoms with Gasteiger partial charge in [0.05, 0.1) is 19.8 Å². The van der Waals surface area contributed by atoms with Gasteiger partial charge in [-0.1, -0.05) is 102 Å². The Labute approximate surface area is 166 Å². The quantitative estimate of drug-likeness (QED) is 0.339. The minimum Gasteiger partial charge on any atom is -0.381 e. The van der Waals surface area contributed by atoms with Gasteiger partial charge in [0.1, 0.15) is 0 Å². The van der Waals surface area contributed by atoms with E-state index in [0.717, 1.165) is 12.2 Å². The monoisotopic (exact) mass is 376 g/mol. The number of hydrogen-bond acceptors (Lipinski definition) is 3. The van der Waals surface area contributed by atoms with Crippen LogP contribution in [0.4, 0.5) is 0 Å². The van der Waals surface area contributed by atoms with E-state index < -0.39 is 0 Å². The van der Waals surface area contributed by atoms with Crippen molar-refractivity contribution in [3.05, 3.63) is 35.9 Å². The SMILES string of the molecule is CCCCCCCCCCCCOCC1(C)COC(c2ccccc2)OC1. The van der Waals surface area contributed by atoms with Crippen molar-refractivity contribution < 1.29 is 14.2 Å². The normalized spacial score (nSPS) is 22.8. The van der Waals surface area contributed by atoms with Gasteiger partial charge in [-0.2, -0.15) is 0 Å². The molecule has 0 N–H and O–H groups in total. The Morgan fingerprint density at radius 1 is 0.852 bits per heavy atom. The Kier molecular flexibility index (Phi) is 11.0. The summed E-state index contributed by atoms with van der Waals surface area (Å²) in [5.41, 5.74) is 1.05. The molecule has 0 aromatic heterocycles. The third kappa shape index (κ3) is 9.23. The van der Waals surface area contributed by atoms with Crippen molar-refractivity contribution in [2.24, 2.45) is 5.41 Å². The average Bonchev–Trinajstić information content (AvgIpc) is 2.70. The molecule has 0 amide bonds. The lowest BCUT2D eigenvalue weighted by atomic mass is 9.93. The molecular formula is C24H40O3. The van der Waals surface area contributed by atoms with Crippen LogP contribution in [-0.2, 0) is 14.2 Å². The number of benzene rings is 1. The van der Waals surface area contributed by atoms with Crippen LogP contribution in [0.15, 0.2) is 30.3 Å². The molecule has 1 heterocycles. The van der Waals surface area contributed by atoms with Gasteiger partial charge in [0.25, 0.3) is 0 Å². The molecule has 0 atom stereocenters. The first-order chi connectivity index (χ1) is 13.2. The van der Waals surface area contributed by atoms with Crippen LogP contribution in [0.1, 0.15) is 89.9 Å². The Bertz CT molecular complexity index is 466. The largest absolute Gasteiger partial charge is 0.381 e. The zero-order valence-corrected chi connectivity index (χ0v) is 17.6. The number of hydrogen-bond donors (Lipinski definition) is 0. The van der Waals surface area contributed by atoms with Crippen LogP contribution < -0.4 is 0 Å². The standard InChI is InChI=1S/C24H40O3/c1-3-4-5-6-7-8-9-10-11-15-18-25-19-24(2)20-26-23(27-21-24)22-16-13-12-14-17-22/h12-14,16-17,23H,3-11,15,18-21H2,1-2H3. The highest BCUT2D eigenvalue weighted by Crippen LogP contribution is 2.31. The van der Waals surface area contributed by atoms with E-state index in [4.69, 9.17) is 14.2 Å². The van der Waals surface area contributed by atoms with Crippen LogP contribution >= 0.6 is 0 Å². The lowest BCUT2D eigenvalue weighted by molar-refractivity contribution is -0.239. The van der Waals surface area contributed by atoms with E-state index in [9.17, 15) is 0 Å². The molecule has 2 rings (SSSR count). The summed E-state index contributed by atoms with van der Waals surface area (Å²) in [6.45, 7) is 7.40. The predicted octanol–water partition coefficient (Wildman–Crippen LogP) is 6.68. The van der Waals surface area contributed by atoms with Gasteiger partial charge in [-0.3, -0.25) is 0 Å². The van der Waals surface area contributed by atoms with Gasteiger partial charge in [-0.25, -0.2) is 0 Å². The van der Waals surface area contributed by atoms with Crippen LogP contribution in [0, 0.1) is 5.41 Å². The molecule has 1 aliphatic rings. The van der Waals surface area contributed by atoms with Crippen LogP contribution in [0.2, 0.25) is 0 Å². The second-order valence-electron chi connectivity index (χ2n) is 8.41. The third-order valence-corrected chi connectivity index (χ3v) is 5.33. The van der Waals surface area contributed by atoms with Crippen molar-refractivity contribution in [3.63, 3.8) is 0 Å². The molecule has 27 heavy (non-hydrogen) atoms. The summed E-state index contributed by atoms with van der Waals surface area (Å²) in [6, 6.07) is 10.2. The molecule has 0 radical (unpaired) electrons. The first-order valence-electron chi connectivity index (χ1n) is 11.1. The molecule has 1 aromatic rings. The molecule has 0 unspecified atom stereocenters. The smallest absolute Gasteiger partial charge is 0.183 e. The van der Waals surface area contributed by atoms with Crippen molar-refractivity contribution >= 4 is 0 Å². The fourth-order valence-corrected chi connectivity index (χ4v) is 3.54. The maximum absolute atomic E-state index is 5.93. The molecule has 154 valence electrons. The van der Waals surface area contributed by atoms with E-state index in [1.165, 1.54) is 64.2 Å². The van der Waals surface area contributed by atoms with E-state index in [1.807, 2.05) is 18.2 Å². The predicted molar refractivity (Wildman–Crippen MR) is 112 cm³/mol. The summed E-state index contributed by atoms with van der Waals surface area (Å²) < 4.78 is 17.8. The van der Waals surface area contributed by atoms with Gasteiger partial charge in [0, 0.05) is 17.6 Å². The molecule has 0 aliphatic carbocycles. The number of unbranched alkanes of at least 4 members (excludes halogenated alkanes) is 9. The number of rotatable bonds is 14. The first-order valence-corrected chi connectivity index (χ1v) is 11.1. The topological polar surface area (TPSA) is 27.7 Å².